The maximum atomic E-state index is 2.69. The van der Waals surface area contributed by atoms with Crippen molar-refractivity contribution in [1.29, 1.82) is 0 Å². The third-order valence-electron chi connectivity index (χ3n) is 15.7. The normalized spacial score (nSPS) is 13.8. The standard InChI is InChI=1S/C65H62BN4S2/c1-63(2,3)39-24-28-42(29-25-39)67(43-30-26-40(27-31-43)64(4,5)6)44-36-54-58-55(37-44)69-59-49(62-60(69)48-19-14-16-23-57(48)72-62)34-41(65(7,8)9)35-51(59)66(58)50-33-32-45(70(10,11)12)38-53(50)68(54)52-21-17-20-47-46-18-13-15-22-56(46)71-61(47)52/h13-38H,1-12H3/q+1. The summed E-state index contributed by atoms with van der Waals surface area (Å²) in [5, 5.41) is 5.25. The van der Waals surface area contributed by atoms with Crippen molar-refractivity contribution >= 4 is 137 Å². The summed E-state index contributed by atoms with van der Waals surface area (Å²) in [5.74, 6) is 0. The molecule has 0 radical (unpaired) electrons. The van der Waals surface area contributed by atoms with Crippen LogP contribution in [0.25, 0.3) is 57.1 Å². The Kier molecular flexibility index (Phi) is 9.70. The average Bonchev–Trinajstić information content (AvgIpc) is 4.02. The second-order valence-electron chi connectivity index (χ2n) is 24.4. The van der Waals surface area contributed by atoms with Gasteiger partial charge in [-0.3, -0.25) is 4.48 Å². The van der Waals surface area contributed by atoms with Crippen LogP contribution < -0.4 is 30.7 Å². The second-order valence-corrected chi connectivity index (χ2v) is 26.5. The van der Waals surface area contributed by atoms with Crippen molar-refractivity contribution in [2.45, 2.75) is 78.6 Å². The first-order valence-corrected chi connectivity index (χ1v) is 27.2. The fraction of sp³-hybridized carbons (Fsp3) is 0.231. The van der Waals surface area contributed by atoms with Crippen molar-refractivity contribution in [3.63, 3.8) is 0 Å². The molecule has 2 aliphatic rings. The second kappa shape index (κ2) is 15.4. The Morgan fingerprint density at radius 1 is 0.431 bits per heavy atom. The quantitative estimate of drug-likeness (QED) is 0.126. The number of benzene rings is 8. The average molecular weight is 974 g/mol. The van der Waals surface area contributed by atoms with Crippen LogP contribution in [0.4, 0.5) is 39.8 Å². The van der Waals surface area contributed by atoms with E-state index in [1.165, 1.54) is 113 Å². The highest BCUT2D eigenvalue weighted by Gasteiger charge is 2.45. The Bertz CT molecular complexity index is 3970. The van der Waals surface area contributed by atoms with Gasteiger partial charge >= 0.3 is 0 Å². The lowest BCUT2D eigenvalue weighted by Gasteiger charge is -2.42. The first-order valence-electron chi connectivity index (χ1n) is 25.6. The summed E-state index contributed by atoms with van der Waals surface area (Å²) in [5.41, 5.74) is 20.2. The monoisotopic (exact) mass is 973 g/mol. The lowest BCUT2D eigenvalue weighted by Crippen LogP contribution is -2.60. The smallest absolute Gasteiger partial charge is 0.252 e. The van der Waals surface area contributed by atoms with E-state index in [0.29, 0.717) is 4.48 Å². The van der Waals surface area contributed by atoms with Gasteiger partial charge < -0.3 is 14.4 Å². The molecule has 0 atom stereocenters. The molecule has 72 heavy (non-hydrogen) atoms. The molecule has 5 heterocycles. The number of anilines is 6. The molecule has 4 nitrogen and oxygen atoms in total. The SMILES string of the molecule is CC(C)(C)c1ccc(N(c2ccc(C(C)(C)C)cc2)c2cc3c4c(c2)-n2c5c(cc(C(C)(C)C)cc5c5sc6ccccc6c52)B4c2ccc([N+](C)(C)C)cc2N3c2cccc3c2sc2ccccc23)cc1. The summed E-state index contributed by atoms with van der Waals surface area (Å²) in [6.07, 6.45) is 0. The van der Waals surface area contributed by atoms with Gasteiger partial charge in [-0.1, -0.05) is 147 Å². The number of fused-ring (bicyclic) bond motifs is 12. The van der Waals surface area contributed by atoms with Crippen molar-refractivity contribution in [3.8, 4) is 5.69 Å². The first-order chi connectivity index (χ1) is 34.2. The minimum atomic E-state index is -0.0672. The summed E-state index contributed by atoms with van der Waals surface area (Å²) in [6, 6.07) is 61.3. The van der Waals surface area contributed by atoms with Crippen molar-refractivity contribution < 1.29 is 0 Å². The van der Waals surface area contributed by atoms with Gasteiger partial charge in [0, 0.05) is 65.4 Å². The molecular formula is C65H62BN4S2+. The minimum Gasteiger partial charge on any atom is -0.310 e. The number of hydrogen-bond donors (Lipinski definition) is 0. The third kappa shape index (κ3) is 6.80. The van der Waals surface area contributed by atoms with Crippen LogP contribution in [0, 0.1) is 0 Å². The molecule has 0 fully saturated rings. The van der Waals surface area contributed by atoms with Crippen LogP contribution >= 0.6 is 22.7 Å². The molecular weight excluding hydrogens is 912 g/mol. The maximum absolute atomic E-state index is 2.69. The Morgan fingerprint density at radius 2 is 1.00 bits per heavy atom. The molecule has 7 heteroatoms. The number of thiophene rings is 2. The zero-order chi connectivity index (χ0) is 50.0. The summed E-state index contributed by atoms with van der Waals surface area (Å²) in [7, 11) is 6.88. The van der Waals surface area contributed by atoms with E-state index >= 15 is 0 Å². The van der Waals surface area contributed by atoms with Crippen LogP contribution in [0.15, 0.2) is 158 Å². The van der Waals surface area contributed by atoms with Crippen molar-refractivity contribution in [3.05, 3.63) is 174 Å². The zero-order valence-corrected chi connectivity index (χ0v) is 45.3. The van der Waals surface area contributed by atoms with Gasteiger partial charge in [0.1, 0.15) is 5.69 Å². The minimum absolute atomic E-state index is 0.0170. The van der Waals surface area contributed by atoms with Crippen LogP contribution in [0.1, 0.15) is 79.0 Å². The molecule has 0 N–H and O–H groups in total. The fourth-order valence-corrected chi connectivity index (χ4v) is 14.2. The van der Waals surface area contributed by atoms with Gasteiger partial charge in [0.05, 0.1) is 53.0 Å². The van der Waals surface area contributed by atoms with Crippen LogP contribution in [0.3, 0.4) is 0 Å². The number of rotatable bonds is 5. The summed E-state index contributed by atoms with van der Waals surface area (Å²) in [6.45, 7) is 20.9. The predicted molar refractivity (Wildman–Crippen MR) is 319 cm³/mol. The molecule has 356 valence electrons. The third-order valence-corrected chi connectivity index (χ3v) is 18.1. The van der Waals surface area contributed by atoms with Crippen LogP contribution in [0.2, 0.25) is 0 Å². The van der Waals surface area contributed by atoms with E-state index in [2.05, 4.69) is 256 Å². The van der Waals surface area contributed by atoms with Crippen LogP contribution in [0.5, 0.6) is 0 Å². The van der Waals surface area contributed by atoms with Crippen molar-refractivity contribution in [2.24, 2.45) is 0 Å². The van der Waals surface area contributed by atoms with E-state index < -0.39 is 0 Å². The highest BCUT2D eigenvalue weighted by atomic mass is 32.1. The molecule has 3 aromatic heterocycles. The molecule has 13 rings (SSSR count). The topological polar surface area (TPSA) is 11.4 Å². The lowest BCUT2D eigenvalue weighted by molar-refractivity contribution is 0.486. The Labute approximate surface area is 433 Å². The van der Waals surface area contributed by atoms with Crippen molar-refractivity contribution in [1.82, 2.24) is 9.05 Å². The zero-order valence-electron chi connectivity index (χ0n) is 43.7. The molecule has 11 aromatic rings. The lowest BCUT2D eigenvalue weighted by atomic mass is 9.33. The van der Waals surface area contributed by atoms with Crippen LogP contribution in [-0.2, 0) is 16.2 Å². The summed E-state index contributed by atoms with van der Waals surface area (Å²) >= 11 is 3.86. The van der Waals surface area contributed by atoms with Gasteiger partial charge in [-0.2, -0.15) is 0 Å². The number of quaternary nitrogens is 1. The van der Waals surface area contributed by atoms with Crippen molar-refractivity contribution in [2.75, 3.05) is 30.9 Å². The highest BCUT2D eigenvalue weighted by molar-refractivity contribution is 7.27. The molecule has 8 aromatic carbocycles. The molecule has 0 amide bonds. The van der Waals surface area contributed by atoms with E-state index in [9.17, 15) is 0 Å². The molecule has 2 aliphatic heterocycles. The Balaban J connectivity index is 1.21. The molecule has 0 saturated heterocycles. The maximum Gasteiger partial charge on any atom is 0.252 e. The van der Waals surface area contributed by atoms with E-state index in [1.54, 1.807) is 0 Å². The molecule has 0 saturated carbocycles. The van der Waals surface area contributed by atoms with Crippen LogP contribution in [-0.4, -0.2) is 32.4 Å². The Hall–Kier alpha value is -6.64. The van der Waals surface area contributed by atoms with Gasteiger partial charge in [-0.15, -0.1) is 22.7 Å². The molecule has 0 spiro atoms. The van der Waals surface area contributed by atoms with Gasteiger partial charge in [-0.25, -0.2) is 0 Å². The van der Waals surface area contributed by atoms with Gasteiger partial charge in [0.25, 0.3) is 6.71 Å². The fourth-order valence-electron chi connectivity index (χ4n) is 11.8. The molecule has 0 bridgehead atoms. The highest BCUT2D eigenvalue weighted by Crippen LogP contribution is 2.51. The largest absolute Gasteiger partial charge is 0.310 e. The number of aromatic nitrogens is 1. The van der Waals surface area contributed by atoms with E-state index in [1.807, 2.05) is 22.7 Å². The van der Waals surface area contributed by atoms with Gasteiger partial charge in [-0.05, 0) is 116 Å². The number of hydrogen-bond acceptors (Lipinski definition) is 4. The van der Waals surface area contributed by atoms with Gasteiger partial charge in [0.2, 0.25) is 0 Å². The first kappa shape index (κ1) is 45.2. The van der Waals surface area contributed by atoms with E-state index in [-0.39, 0.29) is 23.0 Å². The number of nitrogens with zero attached hydrogens (tertiary/aromatic N) is 4. The van der Waals surface area contributed by atoms with E-state index in [4.69, 9.17) is 0 Å². The molecule has 0 unspecified atom stereocenters. The predicted octanol–water partition coefficient (Wildman–Crippen LogP) is 16.5. The molecule has 0 aliphatic carbocycles. The Morgan fingerprint density at radius 3 is 1.62 bits per heavy atom. The summed E-state index contributed by atoms with van der Waals surface area (Å²) in [4.78, 5) is 5.18. The summed E-state index contributed by atoms with van der Waals surface area (Å²) < 4.78 is 8.67. The van der Waals surface area contributed by atoms with Gasteiger partial charge in [0.15, 0.2) is 0 Å². The van der Waals surface area contributed by atoms with E-state index in [0.717, 1.165) is 17.1 Å².